The van der Waals surface area contributed by atoms with E-state index >= 15 is 0 Å². The van der Waals surface area contributed by atoms with Gasteiger partial charge in [0.2, 0.25) is 0 Å². The summed E-state index contributed by atoms with van der Waals surface area (Å²) in [6, 6.07) is 10.0. The minimum absolute atomic E-state index is 0.755. The van der Waals surface area contributed by atoms with E-state index in [0.717, 1.165) is 39.1 Å². The van der Waals surface area contributed by atoms with Crippen molar-refractivity contribution >= 4 is 39.6 Å². The second-order valence-electron chi connectivity index (χ2n) is 4.45. The summed E-state index contributed by atoms with van der Waals surface area (Å²) >= 11 is 6.40. The van der Waals surface area contributed by atoms with E-state index in [4.69, 9.17) is 16.0 Å². The molecule has 4 rings (SSSR count). The first-order chi connectivity index (χ1) is 8.84. The molecular weight excluding hydrogens is 246 g/mol. The predicted octanol–water partition coefficient (Wildman–Crippen LogP) is 4.31. The number of hydrogen-bond acceptors (Lipinski definition) is 2. The third kappa shape index (κ3) is 1.24. The summed E-state index contributed by atoms with van der Waals surface area (Å²) in [4.78, 5) is 0. The van der Waals surface area contributed by atoms with Crippen LogP contribution in [0.15, 0.2) is 40.9 Å². The van der Waals surface area contributed by atoms with E-state index in [1.165, 1.54) is 5.56 Å². The van der Waals surface area contributed by atoms with Gasteiger partial charge >= 0.3 is 0 Å². The van der Waals surface area contributed by atoms with Crippen LogP contribution in [0.1, 0.15) is 11.1 Å². The van der Waals surface area contributed by atoms with Crippen molar-refractivity contribution in [1.29, 1.82) is 0 Å². The maximum atomic E-state index is 6.40. The van der Waals surface area contributed by atoms with Crippen molar-refractivity contribution in [3.63, 3.8) is 0 Å². The lowest BCUT2D eigenvalue weighted by molar-refractivity contribution is 0.666. The average Bonchev–Trinajstić information content (AvgIpc) is 2.79. The first-order valence-corrected chi connectivity index (χ1v) is 6.25. The zero-order valence-electron chi connectivity index (χ0n) is 9.53. The molecule has 2 nitrogen and oxygen atoms in total. The van der Waals surface area contributed by atoms with Gasteiger partial charge in [-0.1, -0.05) is 29.8 Å². The smallest absolute Gasteiger partial charge is 0.144 e. The number of benzene rings is 2. The number of rotatable bonds is 0. The normalized spacial score (nSPS) is 13.8. The molecule has 0 aliphatic carbocycles. The SMILES string of the molecule is Clc1cc2c(c3oc4ccccc4c13)C=CNC2. The second kappa shape index (κ2) is 3.53. The molecule has 1 aliphatic rings. The van der Waals surface area contributed by atoms with Crippen molar-refractivity contribution < 1.29 is 4.42 Å². The van der Waals surface area contributed by atoms with Crippen molar-refractivity contribution in [3.05, 3.63) is 52.7 Å². The third-order valence-electron chi connectivity index (χ3n) is 3.39. The van der Waals surface area contributed by atoms with Crippen LogP contribution < -0.4 is 5.32 Å². The molecule has 2 aromatic carbocycles. The molecule has 2 heterocycles. The maximum absolute atomic E-state index is 6.40. The van der Waals surface area contributed by atoms with Crippen LogP contribution in [0.5, 0.6) is 0 Å². The van der Waals surface area contributed by atoms with Crippen LogP contribution in [-0.4, -0.2) is 0 Å². The zero-order valence-corrected chi connectivity index (χ0v) is 10.3. The molecule has 1 aliphatic heterocycles. The largest absolute Gasteiger partial charge is 0.455 e. The third-order valence-corrected chi connectivity index (χ3v) is 3.68. The maximum Gasteiger partial charge on any atom is 0.144 e. The molecule has 1 N–H and O–H groups in total. The highest BCUT2D eigenvalue weighted by Crippen LogP contribution is 2.38. The van der Waals surface area contributed by atoms with Crippen molar-refractivity contribution in [3.8, 4) is 0 Å². The number of furan rings is 1. The summed E-state index contributed by atoms with van der Waals surface area (Å²) < 4.78 is 5.97. The van der Waals surface area contributed by atoms with Crippen molar-refractivity contribution in [2.45, 2.75) is 6.54 Å². The Morgan fingerprint density at radius 1 is 1.22 bits per heavy atom. The zero-order chi connectivity index (χ0) is 12.1. The lowest BCUT2D eigenvalue weighted by Gasteiger charge is -2.12. The Balaban J connectivity index is 2.26. The Bertz CT molecular complexity index is 801. The van der Waals surface area contributed by atoms with Gasteiger partial charge < -0.3 is 9.73 Å². The predicted molar refractivity (Wildman–Crippen MR) is 74.6 cm³/mol. The van der Waals surface area contributed by atoms with Crippen LogP contribution in [0.2, 0.25) is 5.02 Å². The Morgan fingerprint density at radius 3 is 3.06 bits per heavy atom. The number of para-hydroxylation sites is 1. The molecule has 18 heavy (non-hydrogen) atoms. The van der Waals surface area contributed by atoms with Gasteiger partial charge in [0.1, 0.15) is 11.2 Å². The minimum Gasteiger partial charge on any atom is -0.455 e. The van der Waals surface area contributed by atoms with Crippen LogP contribution >= 0.6 is 11.6 Å². The van der Waals surface area contributed by atoms with Gasteiger partial charge in [0, 0.05) is 22.9 Å². The number of nitrogens with one attached hydrogen (secondary N) is 1. The summed E-state index contributed by atoms with van der Waals surface area (Å²) in [5.74, 6) is 0. The minimum atomic E-state index is 0.755. The first kappa shape index (κ1) is 10.0. The fourth-order valence-corrected chi connectivity index (χ4v) is 2.88. The van der Waals surface area contributed by atoms with Gasteiger partial charge in [-0.05, 0) is 30.0 Å². The number of fused-ring (bicyclic) bond motifs is 5. The van der Waals surface area contributed by atoms with Crippen LogP contribution in [0.25, 0.3) is 28.0 Å². The molecule has 0 radical (unpaired) electrons. The molecule has 3 heteroatoms. The Hall–Kier alpha value is -1.93. The van der Waals surface area contributed by atoms with Crippen LogP contribution in [0, 0.1) is 0 Å². The average molecular weight is 256 g/mol. The molecule has 1 aromatic heterocycles. The summed E-state index contributed by atoms with van der Waals surface area (Å²) in [5, 5.41) is 6.03. The van der Waals surface area contributed by atoms with E-state index < -0.39 is 0 Å². The molecule has 0 amide bonds. The number of halogens is 1. The summed E-state index contributed by atoms with van der Waals surface area (Å²) in [5.41, 5.74) is 4.07. The van der Waals surface area contributed by atoms with Crippen molar-refractivity contribution in [2.75, 3.05) is 0 Å². The van der Waals surface area contributed by atoms with Gasteiger partial charge in [0.25, 0.3) is 0 Å². The van der Waals surface area contributed by atoms with Gasteiger partial charge in [-0.2, -0.15) is 0 Å². The van der Waals surface area contributed by atoms with E-state index in [9.17, 15) is 0 Å². The van der Waals surface area contributed by atoms with E-state index in [-0.39, 0.29) is 0 Å². The van der Waals surface area contributed by atoms with Crippen LogP contribution in [0.3, 0.4) is 0 Å². The molecule has 0 bridgehead atoms. The highest BCUT2D eigenvalue weighted by Gasteiger charge is 2.17. The molecule has 3 aromatic rings. The van der Waals surface area contributed by atoms with Gasteiger partial charge in [-0.3, -0.25) is 0 Å². The van der Waals surface area contributed by atoms with E-state index in [1.807, 2.05) is 42.6 Å². The Morgan fingerprint density at radius 2 is 2.11 bits per heavy atom. The summed E-state index contributed by atoms with van der Waals surface area (Å²) in [6.45, 7) is 0.790. The summed E-state index contributed by atoms with van der Waals surface area (Å²) in [6.07, 6.45) is 3.99. The van der Waals surface area contributed by atoms with E-state index in [1.54, 1.807) is 0 Å². The number of hydrogen-bond donors (Lipinski definition) is 1. The quantitative estimate of drug-likeness (QED) is 0.647. The lowest BCUT2D eigenvalue weighted by Crippen LogP contribution is -2.10. The fraction of sp³-hybridized carbons (Fsp3) is 0.0667. The lowest BCUT2D eigenvalue weighted by atomic mass is 10.0. The second-order valence-corrected chi connectivity index (χ2v) is 4.85. The Kier molecular flexibility index (Phi) is 1.97. The molecule has 0 saturated heterocycles. The van der Waals surface area contributed by atoms with Crippen LogP contribution in [-0.2, 0) is 6.54 Å². The van der Waals surface area contributed by atoms with Gasteiger partial charge in [0.05, 0.1) is 5.02 Å². The molecule has 0 fully saturated rings. The standard InChI is InChI=1S/C15H10ClNO/c16-12-7-9-8-17-6-5-10(9)15-14(12)11-3-1-2-4-13(11)18-15/h1-7,17H,8H2. The highest BCUT2D eigenvalue weighted by atomic mass is 35.5. The van der Waals surface area contributed by atoms with Gasteiger partial charge in [-0.15, -0.1) is 0 Å². The van der Waals surface area contributed by atoms with Crippen LogP contribution in [0.4, 0.5) is 0 Å². The topological polar surface area (TPSA) is 25.2 Å². The monoisotopic (exact) mass is 255 g/mol. The summed E-state index contributed by atoms with van der Waals surface area (Å²) in [7, 11) is 0. The molecule has 0 saturated carbocycles. The van der Waals surface area contributed by atoms with E-state index in [2.05, 4.69) is 5.32 Å². The molecule has 0 atom stereocenters. The van der Waals surface area contributed by atoms with E-state index in [0.29, 0.717) is 0 Å². The molecule has 0 unspecified atom stereocenters. The first-order valence-electron chi connectivity index (χ1n) is 5.87. The highest BCUT2D eigenvalue weighted by molar-refractivity contribution is 6.38. The van der Waals surface area contributed by atoms with Gasteiger partial charge in [-0.25, -0.2) is 0 Å². The molecule has 0 spiro atoms. The molecule has 88 valence electrons. The fourth-order valence-electron chi connectivity index (χ4n) is 2.56. The molecular formula is C15H10ClNO. The van der Waals surface area contributed by atoms with Crippen molar-refractivity contribution in [2.24, 2.45) is 0 Å². The van der Waals surface area contributed by atoms with Crippen molar-refractivity contribution in [1.82, 2.24) is 5.32 Å². The Labute approximate surface area is 109 Å². The van der Waals surface area contributed by atoms with Gasteiger partial charge in [0.15, 0.2) is 0 Å².